The molecule has 2 N–H and O–H groups in total. The van der Waals surface area contributed by atoms with Crippen molar-refractivity contribution < 1.29 is 17.9 Å². The number of aryl methyl sites for hydroxylation is 1. The van der Waals surface area contributed by atoms with Gasteiger partial charge in [0.15, 0.2) is 0 Å². The molecule has 2 unspecified atom stereocenters. The first-order valence-corrected chi connectivity index (χ1v) is 7.86. The lowest BCUT2D eigenvalue weighted by atomic mass is 10.0. The summed E-state index contributed by atoms with van der Waals surface area (Å²) in [5.41, 5.74) is -1.15. The molecule has 0 bridgehead atoms. The molecule has 0 fully saturated rings. The average molecular weight is 275 g/mol. The lowest BCUT2D eigenvalue weighted by Crippen LogP contribution is -2.42. The normalized spacial score (nSPS) is 17.4. The van der Waals surface area contributed by atoms with Crippen LogP contribution in [0.3, 0.4) is 0 Å². The van der Waals surface area contributed by atoms with E-state index in [1.807, 2.05) is 0 Å². The third kappa shape index (κ3) is 4.80. The minimum Gasteiger partial charge on any atom is -0.463 e. The smallest absolute Gasteiger partial charge is 0.148 e. The molecule has 1 heterocycles. The molecule has 0 aliphatic heterocycles. The first kappa shape index (κ1) is 15.2. The Morgan fingerprint density at radius 1 is 1.50 bits per heavy atom. The van der Waals surface area contributed by atoms with Crippen LogP contribution in [-0.2, 0) is 15.4 Å². The van der Waals surface area contributed by atoms with Gasteiger partial charge in [-0.25, -0.2) is 8.42 Å². The van der Waals surface area contributed by atoms with E-state index in [1.165, 1.54) is 6.26 Å². The second-order valence-electron chi connectivity index (χ2n) is 5.06. The SMILES string of the molecule is Cc1ccc(C(C)(O)CNC(C)CS(C)(=O)=O)o1. The van der Waals surface area contributed by atoms with Crippen molar-refractivity contribution in [1.82, 2.24) is 5.32 Å². The summed E-state index contributed by atoms with van der Waals surface area (Å²) in [6.07, 6.45) is 1.19. The quantitative estimate of drug-likeness (QED) is 0.803. The molecule has 1 rings (SSSR count). The summed E-state index contributed by atoms with van der Waals surface area (Å²) < 4.78 is 27.6. The van der Waals surface area contributed by atoms with Gasteiger partial charge >= 0.3 is 0 Å². The molecule has 0 aliphatic carbocycles. The van der Waals surface area contributed by atoms with Crippen molar-refractivity contribution >= 4 is 9.84 Å². The second kappa shape index (κ2) is 5.42. The molecular formula is C12H21NO4S. The summed E-state index contributed by atoms with van der Waals surface area (Å²) in [6, 6.07) is 3.28. The van der Waals surface area contributed by atoms with Crippen LogP contribution in [0.4, 0.5) is 0 Å². The highest BCUT2D eigenvalue weighted by atomic mass is 32.2. The molecule has 6 heteroatoms. The van der Waals surface area contributed by atoms with E-state index < -0.39 is 15.4 Å². The van der Waals surface area contributed by atoms with Crippen LogP contribution < -0.4 is 5.32 Å². The van der Waals surface area contributed by atoms with Crippen molar-refractivity contribution in [2.45, 2.75) is 32.4 Å². The van der Waals surface area contributed by atoms with Crippen LogP contribution in [0, 0.1) is 6.92 Å². The first-order valence-electron chi connectivity index (χ1n) is 5.80. The molecule has 5 nitrogen and oxygen atoms in total. The molecule has 0 aliphatic rings. The van der Waals surface area contributed by atoms with Crippen molar-refractivity contribution in [2.24, 2.45) is 0 Å². The van der Waals surface area contributed by atoms with Gasteiger partial charge in [0, 0.05) is 18.8 Å². The molecule has 0 saturated carbocycles. The molecule has 2 atom stereocenters. The predicted octanol–water partition coefficient (Wildman–Crippen LogP) is 0.818. The number of rotatable bonds is 6. The summed E-state index contributed by atoms with van der Waals surface area (Å²) in [5.74, 6) is 1.24. The van der Waals surface area contributed by atoms with Gasteiger partial charge in [-0.05, 0) is 32.9 Å². The van der Waals surface area contributed by atoms with Crippen LogP contribution in [0.5, 0.6) is 0 Å². The maximum absolute atomic E-state index is 11.1. The summed E-state index contributed by atoms with van der Waals surface area (Å²) in [4.78, 5) is 0. The molecule has 0 saturated heterocycles. The van der Waals surface area contributed by atoms with E-state index in [0.29, 0.717) is 5.76 Å². The number of hydrogen-bond acceptors (Lipinski definition) is 5. The molecule has 1 aromatic rings. The van der Waals surface area contributed by atoms with Crippen molar-refractivity contribution in [3.63, 3.8) is 0 Å². The Morgan fingerprint density at radius 3 is 2.56 bits per heavy atom. The van der Waals surface area contributed by atoms with Gasteiger partial charge < -0.3 is 14.8 Å². The Hall–Kier alpha value is -0.850. The van der Waals surface area contributed by atoms with Gasteiger partial charge in [0.1, 0.15) is 27.0 Å². The Balaban J connectivity index is 2.57. The van der Waals surface area contributed by atoms with E-state index in [2.05, 4.69) is 5.32 Å². The minimum atomic E-state index is -3.02. The Morgan fingerprint density at radius 2 is 2.11 bits per heavy atom. The number of hydrogen-bond donors (Lipinski definition) is 2. The van der Waals surface area contributed by atoms with Gasteiger partial charge in [-0.1, -0.05) is 0 Å². The van der Waals surface area contributed by atoms with E-state index in [1.54, 1.807) is 32.9 Å². The van der Waals surface area contributed by atoms with Crippen molar-refractivity contribution in [3.05, 3.63) is 23.7 Å². The Labute approximate surface area is 108 Å². The number of sulfone groups is 1. The number of aliphatic hydroxyl groups is 1. The highest BCUT2D eigenvalue weighted by Crippen LogP contribution is 2.22. The van der Waals surface area contributed by atoms with Crippen LogP contribution in [0.25, 0.3) is 0 Å². The summed E-state index contributed by atoms with van der Waals surface area (Å²) in [6.45, 7) is 5.44. The zero-order valence-electron chi connectivity index (χ0n) is 11.2. The third-order valence-corrected chi connectivity index (χ3v) is 3.72. The highest BCUT2D eigenvalue weighted by molar-refractivity contribution is 7.90. The lowest BCUT2D eigenvalue weighted by molar-refractivity contribution is 0.0319. The average Bonchev–Trinajstić information content (AvgIpc) is 2.60. The summed E-state index contributed by atoms with van der Waals surface area (Å²) in [7, 11) is -3.02. The van der Waals surface area contributed by atoms with Gasteiger partial charge in [0.2, 0.25) is 0 Å². The van der Waals surface area contributed by atoms with Gasteiger partial charge in [-0.2, -0.15) is 0 Å². The fourth-order valence-corrected chi connectivity index (χ4v) is 2.72. The lowest BCUT2D eigenvalue weighted by Gasteiger charge is -2.23. The van der Waals surface area contributed by atoms with E-state index >= 15 is 0 Å². The van der Waals surface area contributed by atoms with E-state index in [4.69, 9.17) is 4.42 Å². The van der Waals surface area contributed by atoms with Crippen LogP contribution in [0.15, 0.2) is 16.5 Å². The molecule has 104 valence electrons. The molecule has 1 aromatic heterocycles. The standard InChI is InChI=1S/C12H21NO4S/c1-9(7-18(4,15)16)13-8-12(3,14)11-6-5-10(2)17-11/h5-6,9,13-14H,7-8H2,1-4H3. The Kier molecular flexibility index (Phi) is 4.58. The van der Waals surface area contributed by atoms with Crippen LogP contribution in [0.1, 0.15) is 25.4 Å². The van der Waals surface area contributed by atoms with Gasteiger partial charge in [-0.15, -0.1) is 0 Å². The predicted molar refractivity (Wildman–Crippen MR) is 70.2 cm³/mol. The topological polar surface area (TPSA) is 79.5 Å². The van der Waals surface area contributed by atoms with Gasteiger partial charge in [-0.3, -0.25) is 0 Å². The maximum atomic E-state index is 11.1. The molecule has 18 heavy (non-hydrogen) atoms. The fourth-order valence-electron chi connectivity index (χ4n) is 1.70. The molecule has 0 spiro atoms. The molecular weight excluding hydrogens is 254 g/mol. The second-order valence-corrected chi connectivity index (χ2v) is 7.24. The summed E-state index contributed by atoms with van der Waals surface area (Å²) in [5, 5.41) is 13.2. The molecule has 0 amide bonds. The maximum Gasteiger partial charge on any atom is 0.148 e. The van der Waals surface area contributed by atoms with E-state index in [9.17, 15) is 13.5 Å². The summed E-state index contributed by atoms with van der Waals surface area (Å²) >= 11 is 0. The van der Waals surface area contributed by atoms with Crippen molar-refractivity contribution in [1.29, 1.82) is 0 Å². The zero-order chi connectivity index (χ0) is 14.0. The first-order chi connectivity index (χ1) is 8.10. The van der Waals surface area contributed by atoms with E-state index in [-0.39, 0.29) is 18.3 Å². The van der Waals surface area contributed by atoms with Gasteiger partial charge in [0.25, 0.3) is 0 Å². The van der Waals surface area contributed by atoms with Gasteiger partial charge in [0.05, 0.1) is 5.75 Å². The number of furan rings is 1. The van der Waals surface area contributed by atoms with Crippen LogP contribution >= 0.6 is 0 Å². The van der Waals surface area contributed by atoms with Crippen LogP contribution in [0.2, 0.25) is 0 Å². The Bertz CT molecular complexity index is 490. The van der Waals surface area contributed by atoms with Crippen molar-refractivity contribution in [2.75, 3.05) is 18.6 Å². The zero-order valence-corrected chi connectivity index (χ0v) is 12.0. The molecule has 0 radical (unpaired) electrons. The monoisotopic (exact) mass is 275 g/mol. The molecule has 0 aromatic carbocycles. The fraction of sp³-hybridized carbons (Fsp3) is 0.667. The largest absolute Gasteiger partial charge is 0.463 e. The van der Waals surface area contributed by atoms with Crippen molar-refractivity contribution in [3.8, 4) is 0 Å². The van der Waals surface area contributed by atoms with Crippen LogP contribution in [-0.4, -0.2) is 38.1 Å². The van der Waals surface area contributed by atoms with E-state index in [0.717, 1.165) is 5.76 Å². The minimum absolute atomic E-state index is 0.0419. The highest BCUT2D eigenvalue weighted by Gasteiger charge is 2.27. The third-order valence-electron chi connectivity index (χ3n) is 2.62. The number of nitrogens with one attached hydrogen (secondary N) is 1.